The number of hydroxylamine groups is 2. The van der Waals surface area contributed by atoms with Crippen molar-refractivity contribution >= 4 is 0 Å². The van der Waals surface area contributed by atoms with Crippen LogP contribution in [0.5, 0.6) is 0 Å². The lowest BCUT2D eigenvalue weighted by atomic mass is 9.91. The fourth-order valence-corrected chi connectivity index (χ4v) is 2.07. The van der Waals surface area contributed by atoms with Gasteiger partial charge in [0.05, 0.1) is 0 Å². The number of hydrogen-bond acceptors (Lipinski definition) is 2. The summed E-state index contributed by atoms with van der Waals surface area (Å²) in [7, 11) is 0. The monoisotopic (exact) mass is 191 g/mol. The lowest BCUT2D eigenvalue weighted by Crippen LogP contribution is -2.31. The van der Waals surface area contributed by atoms with E-state index in [1.807, 2.05) is 0 Å². The van der Waals surface area contributed by atoms with Gasteiger partial charge in [0.25, 0.3) is 0 Å². The molecule has 0 saturated carbocycles. The van der Waals surface area contributed by atoms with Crippen LogP contribution in [-0.2, 0) is 6.42 Å². The molecule has 2 nitrogen and oxygen atoms in total. The summed E-state index contributed by atoms with van der Waals surface area (Å²) in [4.78, 5) is 0. The molecule has 2 heteroatoms. The molecule has 1 aliphatic rings. The Hall–Kier alpha value is -0.860. The van der Waals surface area contributed by atoms with Gasteiger partial charge in [-0.1, -0.05) is 30.3 Å². The van der Waals surface area contributed by atoms with Crippen molar-refractivity contribution in [1.29, 1.82) is 0 Å². The molecule has 0 spiro atoms. The number of hydrogen-bond donors (Lipinski definition) is 1. The molecule has 14 heavy (non-hydrogen) atoms. The first-order chi connectivity index (χ1) is 6.84. The van der Waals surface area contributed by atoms with Gasteiger partial charge in [-0.05, 0) is 30.7 Å². The molecule has 1 aromatic rings. The molecule has 0 bridgehead atoms. The highest BCUT2D eigenvalue weighted by atomic mass is 16.5. The minimum atomic E-state index is 0.751. The predicted molar refractivity (Wildman–Crippen MR) is 56.2 cm³/mol. The molecule has 1 fully saturated rings. The summed E-state index contributed by atoms with van der Waals surface area (Å²) in [5.41, 5.74) is 1.42. The Morgan fingerprint density at radius 1 is 1.14 bits per heavy atom. The fourth-order valence-electron chi connectivity index (χ4n) is 2.07. The van der Waals surface area contributed by atoms with Crippen LogP contribution in [0.4, 0.5) is 0 Å². The molecule has 0 aliphatic carbocycles. The number of piperidine rings is 1. The van der Waals surface area contributed by atoms with Gasteiger partial charge in [-0.25, -0.2) is 0 Å². The van der Waals surface area contributed by atoms with Gasteiger partial charge in [0.1, 0.15) is 0 Å². The van der Waals surface area contributed by atoms with Crippen molar-refractivity contribution in [1.82, 2.24) is 5.06 Å². The second kappa shape index (κ2) is 4.58. The van der Waals surface area contributed by atoms with E-state index in [9.17, 15) is 5.21 Å². The second-order valence-corrected chi connectivity index (χ2v) is 4.09. The van der Waals surface area contributed by atoms with E-state index >= 15 is 0 Å². The molecule has 0 amide bonds. The van der Waals surface area contributed by atoms with E-state index in [0.29, 0.717) is 0 Å². The van der Waals surface area contributed by atoms with E-state index in [2.05, 4.69) is 30.3 Å². The normalized spacial score (nSPS) is 19.8. The molecule has 0 radical (unpaired) electrons. The quantitative estimate of drug-likeness (QED) is 0.775. The van der Waals surface area contributed by atoms with Crippen molar-refractivity contribution < 1.29 is 5.21 Å². The summed E-state index contributed by atoms with van der Waals surface area (Å²) in [5, 5.41) is 10.7. The summed E-state index contributed by atoms with van der Waals surface area (Å²) in [6.45, 7) is 1.66. The molecule has 0 unspecified atom stereocenters. The summed E-state index contributed by atoms with van der Waals surface area (Å²) in [6.07, 6.45) is 3.39. The zero-order chi connectivity index (χ0) is 9.80. The van der Waals surface area contributed by atoms with Crippen molar-refractivity contribution in [2.24, 2.45) is 5.92 Å². The van der Waals surface area contributed by atoms with Crippen LogP contribution in [-0.4, -0.2) is 23.4 Å². The van der Waals surface area contributed by atoms with Gasteiger partial charge >= 0.3 is 0 Å². The maximum absolute atomic E-state index is 9.23. The Kier molecular flexibility index (Phi) is 3.17. The molecule has 1 heterocycles. The van der Waals surface area contributed by atoms with Gasteiger partial charge in [0, 0.05) is 13.1 Å². The van der Waals surface area contributed by atoms with Gasteiger partial charge in [-0.15, -0.1) is 0 Å². The van der Waals surface area contributed by atoms with Crippen LogP contribution in [0.1, 0.15) is 18.4 Å². The first-order valence-corrected chi connectivity index (χ1v) is 5.32. The SMILES string of the molecule is ON1CCC(Cc2ccccc2)CC1. The topological polar surface area (TPSA) is 23.5 Å². The molecule has 1 saturated heterocycles. The zero-order valence-corrected chi connectivity index (χ0v) is 8.39. The lowest BCUT2D eigenvalue weighted by molar-refractivity contribution is -0.111. The number of nitrogens with zero attached hydrogens (tertiary/aromatic N) is 1. The average Bonchev–Trinajstić information content (AvgIpc) is 2.23. The van der Waals surface area contributed by atoms with Crippen LogP contribution in [0, 0.1) is 5.92 Å². The largest absolute Gasteiger partial charge is 0.314 e. The van der Waals surface area contributed by atoms with Gasteiger partial charge in [0.2, 0.25) is 0 Å². The van der Waals surface area contributed by atoms with Crippen molar-refractivity contribution in [2.45, 2.75) is 19.3 Å². The third kappa shape index (κ3) is 2.56. The Balaban J connectivity index is 1.87. The molecule has 1 aromatic carbocycles. The smallest absolute Gasteiger partial charge is 0.0240 e. The highest BCUT2D eigenvalue weighted by Crippen LogP contribution is 2.20. The van der Waals surface area contributed by atoms with Crippen molar-refractivity contribution in [2.75, 3.05) is 13.1 Å². The Labute approximate surface area is 85.1 Å². The highest BCUT2D eigenvalue weighted by molar-refractivity contribution is 5.15. The van der Waals surface area contributed by atoms with Crippen LogP contribution in [0.3, 0.4) is 0 Å². The van der Waals surface area contributed by atoms with Crippen molar-refractivity contribution in [3.05, 3.63) is 35.9 Å². The molecule has 1 N–H and O–H groups in total. The minimum Gasteiger partial charge on any atom is -0.314 e. The highest BCUT2D eigenvalue weighted by Gasteiger charge is 2.17. The number of rotatable bonds is 2. The summed E-state index contributed by atoms with van der Waals surface area (Å²) >= 11 is 0. The first-order valence-electron chi connectivity index (χ1n) is 5.32. The Morgan fingerprint density at radius 3 is 2.43 bits per heavy atom. The Morgan fingerprint density at radius 2 is 1.79 bits per heavy atom. The second-order valence-electron chi connectivity index (χ2n) is 4.09. The third-order valence-corrected chi connectivity index (χ3v) is 2.96. The van der Waals surface area contributed by atoms with Gasteiger partial charge < -0.3 is 5.21 Å². The molecule has 76 valence electrons. The average molecular weight is 191 g/mol. The van der Waals surface area contributed by atoms with Gasteiger partial charge in [-0.2, -0.15) is 5.06 Å². The van der Waals surface area contributed by atoms with E-state index in [-0.39, 0.29) is 0 Å². The number of benzene rings is 1. The van der Waals surface area contributed by atoms with Crippen molar-refractivity contribution in [3.8, 4) is 0 Å². The molecule has 1 aliphatic heterocycles. The molecular weight excluding hydrogens is 174 g/mol. The van der Waals surface area contributed by atoms with E-state index < -0.39 is 0 Å². The molecular formula is C12H17NO. The van der Waals surface area contributed by atoms with Gasteiger partial charge in [0.15, 0.2) is 0 Å². The van der Waals surface area contributed by atoms with Crippen molar-refractivity contribution in [3.63, 3.8) is 0 Å². The van der Waals surface area contributed by atoms with Crippen LogP contribution >= 0.6 is 0 Å². The van der Waals surface area contributed by atoms with Gasteiger partial charge in [-0.3, -0.25) is 0 Å². The van der Waals surface area contributed by atoms with Crippen LogP contribution in [0.25, 0.3) is 0 Å². The Bertz CT molecular complexity index is 265. The van der Waals surface area contributed by atoms with E-state index in [4.69, 9.17) is 0 Å². The zero-order valence-electron chi connectivity index (χ0n) is 8.39. The minimum absolute atomic E-state index is 0.751. The molecule has 0 aromatic heterocycles. The van der Waals surface area contributed by atoms with E-state index in [1.165, 1.54) is 10.6 Å². The fraction of sp³-hybridized carbons (Fsp3) is 0.500. The third-order valence-electron chi connectivity index (χ3n) is 2.96. The molecule has 0 atom stereocenters. The maximum atomic E-state index is 9.23. The van der Waals surface area contributed by atoms with Crippen LogP contribution < -0.4 is 0 Å². The summed E-state index contributed by atoms with van der Waals surface area (Å²) in [5.74, 6) is 0.751. The van der Waals surface area contributed by atoms with Crippen LogP contribution in [0.15, 0.2) is 30.3 Å². The van der Waals surface area contributed by atoms with E-state index in [0.717, 1.165) is 38.3 Å². The lowest BCUT2D eigenvalue weighted by Gasteiger charge is -2.27. The van der Waals surface area contributed by atoms with E-state index in [1.54, 1.807) is 0 Å². The predicted octanol–water partition coefficient (Wildman–Crippen LogP) is 2.33. The summed E-state index contributed by atoms with van der Waals surface area (Å²) in [6, 6.07) is 10.6. The summed E-state index contributed by atoms with van der Waals surface area (Å²) < 4.78 is 0. The first kappa shape index (κ1) is 9.69. The molecule has 2 rings (SSSR count). The maximum Gasteiger partial charge on any atom is 0.0240 e. The standard InChI is InChI=1S/C12H17NO/c14-13-8-6-12(7-9-13)10-11-4-2-1-3-5-11/h1-5,12,14H,6-10H2. The van der Waals surface area contributed by atoms with Crippen LogP contribution in [0.2, 0.25) is 0 Å².